The van der Waals surface area contributed by atoms with Gasteiger partial charge in [0, 0.05) is 13.1 Å². The van der Waals surface area contributed by atoms with Gasteiger partial charge in [0.2, 0.25) is 0 Å². The van der Waals surface area contributed by atoms with Gasteiger partial charge in [-0.05, 0) is 37.1 Å². The molecule has 11 heavy (non-hydrogen) atoms. The average Bonchev–Trinajstić information content (AvgIpc) is 2.16. The molecule has 1 aliphatic heterocycles. The maximum atomic E-state index is 2.50. The summed E-state index contributed by atoms with van der Waals surface area (Å²) in [5, 5.41) is 0. The molecule has 2 aliphatic rings. The Labute approximate surface area is 69.8 Å². The molecule has 1 aliphatic carbocycles. The second-order valence-electron chi connectivity index (χ2n) is 5.09. The summed E-state index contributed by atoms with van der Waals surface area (Å²) in [7, 11) is 2.26. The SMILES string of the molecule is CC1CC2CN(C)CC2(C)C1. The smallest absolute Gasteiger partial charge is 0.00356 e. The van der Waals surface area contributed by atoms with Gasteiger partial charge in [0.05, 0.1) is 0 Å². The van der Waals surface area contributed by atoms with Crippen LogP contribution in [0.15, 0.2) is 0 Å². The van der Waals surface area contributed by atoms with Crippen molar-refractivity contribution in [1.29, 1.82) is 0 Å². The van der Waals surface area contributed by atoms with Crippen LogP contribution >= 0.6 is 0 Å². The van der Waals surface area contributed by atoms with Crippen LogP contribution in [0.4, 0.5) is 0 Å². The highest BCUT2D eigenvalue weighted by Crippen LogP contribution is 2.50. The van der Waals surface area contributed by atoms with E-state index in [0.29, 0.717) is 5.41 Å². The van der Waals surface area contributed by atoms with E-state index >= 15 is 0 Å². The van der Waals surface area contributed by atoms with Crippen molar-refractivity contribution in [2.75, 3.05) is 20.1 Å². The van der Waals surface area contributed by atoms with Crippen LogP contribution in [-0.4, -0.2) is 25.0 Å². The molecule has 1 heterocycles. The van der Waals surface area contributed by atoms with Crippen LogP contribution in [0.5, 0.6) is 0 Å². The lowest BCUT2D eigenvalue weighted by Crippen LogP contribution is -2.22. The first-order chi connectivity index (χ1) is 5.10. The summed E-state index contributed by atoms with van der Waals surface area (Å²) in [6.45, 7) is 7.57. The zero-order valence-electron chi connectivity index (χ0n) is 7.93. The molecule has 0 aromatic carbocycles. The molecule has 0 N–H and O–H groups in total. The lowest BCUT2D eigenvalue weighted by atomic mass is 9.83. The maximum absolute atomic E-state index is 2.50. The third-order valence-electron chi connectivity index (χ3n) is 3.65. The van der Waals surface area contributed by atoms with Crippen LogP contribution in [-0.2, 0) is 0 Å². The quantitative estimate of drug-likeness (QED) is 0.514. The Hall–Kier alpha value is -0.0400. The minimum atomic E-state index is 0.675. The topological polar surface area (TPSA) is 3.24 Å². The predicted molar refractivity (Wildman–Crippen MR) is 47.5 cm³/mol. The molecule has 0 spiro atoms. The Morgan fingerprint density at radius 1 is 1.45 bits per heavy atom. The van der Waals surface area contributed by atoms with Gasteiger partial charge in [0.25, 0.3) is 0 Å². The molecule has 1 saturated heterocycles. The first-order valence-electron chi connectivity index (χ1n) is 4.79. The van der Waals surface area contributed by atoms with E-state index in [-0.39, 0.29) is 0 Å². The van der Waals surface area contributed by atoms with E-state index in [1.807, 2.05) is 0 Å². The third-order valence-corrected chi connectivity index (χ3v) is 3.65. The van der Waals surface area contributed by atoms with E-state index in [9.17, 15) is 0 Å². The predicted octanol–water partition coefficient (Wildman–Crippen LogP) is 1.98. The van der Waals surface area contributed by atoms with E-state index < -0.39 is 0 Å². The van der Waals surface area contributed by atoms with E-state index in [1.165, 1.54) is 25.9 Å². The van der Waals surface area contributed by atoms with Crippen molar-refractivity contribution in [3.63, 3.8) is 0 Å². The molecule has 0 aromatic rings. The monoisotopic (exact) mass is 153 g/mol. The fourth-order valence-corrected chi connectivity index (χ4v) is 3.36. The molecular weight excluding hydrogens is 134 g/mol. The molecule has 0 aromatic heterocycles. The highest BCUT2D eigenvalue weighted by molar-refractivity contribution is 4.98. The lowest BCUT2D eigenvalue weighted by molar-refractivity contribution is 0.278. The van der Waals surface area contributed by atoms with Crippen LogP contribution < -0.4 is 0 Å². The summed E-state index contributed by atoms with van der Waals surface area (Å²) < 4.78 is 0. The highest BCUT2D eigenvalue weighted by atomic mass is 15.1. The minimum Gasteiger partial charge on any atom is -0.306 e. The molecule has 3 atom stereocenters. The summed E-state index contributed by atoms with van der Waals surface area (Å²) in [6, 6.07) is 0. The second kappa shape index (κ2) is 2.22. The van der Waals surface area contributed by atoms with Crippen molar-refractivity contribution in [2.45, 2.75) is 26.7 Å². The fourth-order valence-electron chi connectivity index (χ4n) is 3.36. The number of hydrogen-bond acceptors (Lipinski definition) is 1. The fraction of sp³-hybridized carbons (Fsp3) is 1.00. The van der Waals surface area contributed by atoms with Gasteiger partial charge >= 0.3 is 0 Å². The Morgan fingerprint density at radius 3 is 2.82 bits per heavy atom. The van der Waals surface area contributed by atoms with E-state index in [0.717, 1.165) is 11.8 Å². The number of fused-ring (bicyclic) bond motifs is 1. The van der Waals surface area contributed by atoms with E-state index in [1.54, 1.807) is 0 Å². The number of likely N-dealkylation sites (tertiary alicyclic amines) is 1. The van der Waals surface area contributed by atoms with Crippen molar-refractivity contribution in [3.05, 3.63) is 0 Å². The molecule has 0 bridgehead atoms. The molecule has 64 valence electrons. The van der Waals surface area contributed by atoms with Gasteiger partial charge in [0.15, 0.2) is 0 Å². The maximum Gasteiger partial charge on any atom is 0.00356 e. The van der Waals surface area contributed by atoms with Crippen molar-refractivity contribution < 1.29 is 0 Å². The second-order valence-corrected chi connectivity index (χ2v) is 5.09. The number of nitrogens with zero attached hydrogens (tertiary/aromatic N) is 1. The summed E-state index contributed by atoms with van der Waals surface area (Å²) in [4.78, 5) is 2.50. The summed E-state index contributed by atoms with van der Waals surface area (Å²) in [5.74, 6) is 1.99. The van der Waals surface area contributed by atoms with Crippen LogP contribution in [0.2, 0.25) is 0 Å². The summed E-state index contributed by atoms with van der Waals surface area (Å²) in [6.07, 6.45) is 2.93. The van der Waals surface area contributed by atoms with Gasteiger partial charge < -0.3 is 4.90 Å². The molecule has 1 nitrogen and oxygen atoms in total. The van der Waals surface area contributed by atoms with Gasteiger partial charge in [-0.2, -0.15) is 0 Å². The largest absolute Gasteiger partial charge is 0.306 e. The van der Waals surface area contributed by atoms with Crippen molar-refractivity contribution in [1.82, 2.24) is 4.90 Å². The first-order valence-corrected chi connectivity index (χ1v) is 4.79. The van der Waals surface area contributed by atoms with E-state index in [2.05, 4.69) is 25.8 Å². The molecule has 1 heteroatoms. The molecule has 2 rings (SSSR count). The molecule has 0 radical (unpaired) electrons. The zero-order chi connectivity index (χ0) is 8.06. The molecule has 3 unspecified atom stereocenters. The highest BCUT2D eigenvalue weighted by Gasteiger charge is 2.47. The minimum absolute atomic E-state index is 0.675. The van der Waals surface area contributed by atoms with E-state index in [4.69, 9.17) is 0 Å². The average molecular weight is 153 g/mol. The van der Waals surface area contributed by atoms with Gasteiger partial charge in [-0.1, -0.05) is 13.8 Å². The number of rotatable bonds is 0. The van der Waals surface area contributed by atoms with Crippen LogP contribution in [0, 0.1) is 17.3 Å². The van der Waals surface area contributed by atoms with Crippen molar-refractivity contribution in [3.8, 4) is 0 Å². The Balaban J connectivity index is 2.13. The van der Waals surface area contributed by atoms with Crippen molar-refractivity contribution >= 4 is 0 Å². The summed E-state index contributed by atoms with van der Waals surface area (Å²) >= 11 is 0. The Bertz CT molecular complexity index is 150. The molecule has 2 fully saturated rings. The van der Waals surface area contributed by atoms with Gasteiger partial charge in [-0.25, -0.2) is 0 Å². The van der Waals surface area contributed by atoms with Crippen LogP contribution in [0.1, 0.15) is 26.7 Å². The van der Waals surface area contributed by atoms with Crippen molar-refractivity contribution in [2.24, 2.45) is 17.3 Å². The molecular formula is C10H19N. The normalized spacial score (nSPS) is 51.5. The van der Waals surface area contributed by atoms with Gasteiger partial charge in [-0.15, -0.1) is 0 Å². The van der Waals surface area contributed by atoms with Gasteiger partial charge in [-0.3, -0.25) is 0 Å². The lowest BCUT2D eigenvalue weighted by Gasteiger charge is -2.22. The standard InChI is InChI=1S/C10H19N/c1-8-4-9-6-11(3)7-10(9,2)5-8/h8-9H,4-7H2,1-3H3. The third kappa shape index (κ3) is 1.10. The van der Waals surface area contributed by atoms with Crippen LogP contribution in [0.3, 0.4) is 0 Å². The molecule has 0 amide bonds. The zero-order valence-corrected chi connectivity index (χ0v) is 7.93. The summed E-state index contributed by atoms with van der Waals surface area (Å²) in [5.41, 5.74) is 0.675. The first kappa shape index (κ1) is 7.60. The molecule has 1 saturated carbocycles. The van der Waals surface area contributed by atoms with Crippen LogP contribution in [0.25, 0.3) is 0 Å². The number of hydrogen-bond donors (Lipinski definition) is 0. The Kier molecular flexibility index (Phi) is 1.54. The van der Waals surface area contributed by atoms with Gasteiger partial charge in [0.1, 0.15) is 0 Å². The Morgan fingerprint density at radius 2 is 2.18 bits per heavy atom.